The summed E-state index contributed by atoms with van der Waals surface area (Å²) in [5.74, 6) is -4.41. The summed E-state index contributed by atoms with van der Waals surface area (Å²) in [6.07, 6.45) is 3.54. The molecule has 2 aromatic rings. The molecule has 4 amide bonds. The number of nitrogens with zero attached hydrogens (tertiary/aromatic N) is 4. The number of esters is 1. The number of urea groups is 2. The fourth-order valence-corrected chi connectivity index (χ4v) is 5.63. The number of ether oxygens (including phenoxy) is 2. The molecule has 0 saturated carbocycles. The third-order valence-electron chi connectivity index (χ3n) is 6.69. The largest absolute Gasteiger partial charge is 0.468 e. The van der Waals surface area contributed by atoms with Gasteiger partial charge in [0, 0.05) is 37.8 Å². The van der Waals surface area contributed by atoms with Gasteiger partial charge in [0.1, 0.15) is 5.92 Å². The van der Waals surface area contributed by atoms with E-state index in [1.54, 1.807) is 6.20 Å². The van der Waals surface area contributed by atoms with E-state index >= 15 is 0 Å². The maximum atomic E-state index is 14.3. The first-order valence-corrected chi connectivity index (χ1v) is 13.3. The smallest absolute Gasteiger partial charge is 0.352 e. The van der Waals surface area contributed by atoms with Crippen LogP contribution in [0.5, 0.6) is 0 Å². The van der Waals surface area contributed by atoms with E-state index in [0.29, 0.717) is 6.54 Å². The molecule has 0 spiro atoms. The number of hydrogen-bond donors (Lipinski definition) is 2. The van der Waals surface area contributed by atoms with E-state index in [4.69, 9.17) is 9.47 Å². The summed E-state index contributed by atoms with van der Waals surface area (Å²) in [7, 11) is 2.49. The molecule has 210 valence electrons. The molecule has 2 N–H and O–H groups in total. The van der Waals surface area contributed by atoms with Gasteiger partial charge in [0.05, 0.1) is 25.5 Å². The van der Waals surface area contributed by atoms with Gasteiger partial charge < -0.3 is 25.0 Å². The minimum Gasteiger partial charge on any atom is -0.468 e. The van der Waals surface area contributed by atoms with Crippen molar-refractivity contribution in [1.82, 2.24) is 20.5 Å². The SMILES string of the molecule is COCC1=NC(=O)N(C(=O)NCCN(c2nccs2)C2CCNCC2)[C@@H](c2ccc(F)c(F)c2)C1C(=O)OC. The van der Waals surface area contributed by atoms with Crippen molar-refractivity contribution in [2.45, 2.75) is 24.9 Å². The molecule has 39 heavy (non-hydrogen) atoms. The van der Waals surface area contributed by atoms with Crippen LogP contribution in [0.4, 0.5) is 23.5 Å². The standard InChI is InChI=1S/C25H30F2N6O5S/c1-37-14-19-20(22(34)38-2)21(15-3-4-17(26)18(27)13-15)33(24(36)31-19)23(35)29-9-11-32(25-30-10-12-39-25)16-5-7-28-8-6-16/h3-4,10,12-13,16,20-21,28H,5-9,11,14H2,1-2H3,(H,29,35)/t20?,21-/m0/s1. The molecule has 3 heterocycles. The van der Waals surface area contributed by atoms with Gasteiger partial charge in [-0.15, -0.1) is 11.3 Å². The van der Waals surface area contributed by atoms with Crippen molar-refractivity contribution < 1.29 is 32.6 Å². The number of imide groups is 1. The minimum atomic E-state index is -1.35. The van der Waals surface area contributed by atoms with E-state index in [0.717, 1.165) is 55.2 Å². The molecule has 0 aliphatic carbocycles. The molecule has 2 atom stereocenters. The van der Waals surface area contributed by atoms with Crippen LogP contribution in [0.15, 0.2) is 34.8 Å². The van der Waals surface area contributed by atoms with Crippen LogP contribution in [-0.4, -0.2) is 86.7 Å². The number of halogens is 2. The summed E-state index contributed by atoms with van der Waals surface area (Å²) in [5.41, 5.74) is 0.0319. The highest BCUT2D eigenvalue weighted by atomic mass is 32.1. The van der Waals surface area contributed by atoms with Gasteiger partial charge in [0.2, 0.25) is 0 Å². The molecule has 14 heteroatoms. The lowest BCUT2D eigenvalue weighted by molar-refractivity contribution is -0.144. The molecule has 1 fully saturated rings. The number of amides is 4. The Morgan fingerprint density at radius 3 is 2.64 bits per heavy atom. The Morgan fingerprint density at radius 2 is 2.00 bits per heavy atom. The molecular weight excluding hydrogens is 534 g/mol. The number of benzene rings is 1. The van der Waals surface area contributed by atoms with Crippen molar-refractivity contribution in [3.63, 3.8) is 0 Å². The van der Waals surface area contributed by atoms with Gasteiger partial charge >= 0.3 is 18.0 Å². The third-order valence-corrected chi connectivity index (χ3v) is 7.50. The number of methoxy groups -OCH3 is 2. The average molecular weight is 565 g/mol. The van der Waals surface area contributed by atoms with Gasteiger partial charge in [0.15, 0.2) is 16.8 Å². The fourth-order valence-electron chi connectivity index (χ4n) is 4.89. The number of anilines is 1. The molecule has 1 aromatic carbocycles. The number of nitrogens with one attached hydrogen (secondary N) is 2. The highest BCUT2D eigenvalue weighted by molar-refractivity contribution is 7.13. The number of hydrogen-bond acceptors (Lipinski definition) is 9. The number of carbonyl (C=O) groups excluding carboxylic acids is 3. The Hall–Kier alpha value is -3.49. The Balaban J connectivity index is 1.60. The van der Waals surface area contributed by atoms with Gasteiger partial charge in [-0.05, 0) is 43.6 Å². The van der Waals surface area contributed by atoms with Crippen LogP contribution in [0.3, 0.4) is 0 Å². The van der Waals surface area contributed by atoms with Crippen molar-refractivity contribution >= 4 is 40.2 Å². The number of carbonyl (C=O) groups is 3. The van der Waals surface area contributed by atoms with Crippen molar-refractivity contribution in [3.05, 3.63) is 47.0 Å². The van der Waals surface area contributed by atoms with E-state index < -0.39 is 41.6 Å². The molecule has 1 unspecified atom stereocenters. The lowest BCUT2D eigenvalue weighted by Crippen LogP contribution is -2.55. The molecular formula is C25H30F2N6O5S. The minimum absolute atomic E-state index is 0.00832. The fraction of sp³-hybridized carbons (Fsp3) is 0.480. The number of aliphatic imine (C=N–C) groups is 1. The first kappa shape index (κ1) is 28.5. The highest BCUT2D eigenvalue weighted by Gasteiger charge is 2.47. The zero-order valence-electron chi connectivity index (χ0n) is 21.6. The summed E-state index contributed by atoms with van der Waals surface area (Å²) >= 11 is 1.49. The van der Waals surface area contributed by atoms with E-state index in [-0.39, 0.29) is 30.5 Å². The van der Waals surface area contributed by atoms with Crippen LogP contribution in [0.2, 0.25) is 0 Å². The molecule has 2 aliphatic heterocycles. The molecule has 11 nitrogen and oxygen atoms in total. The highest BCUT2D eigenvalue weighted by Crippen LogP contribution is 2.36. The monoisotopic (exact) mass is 564 g/mol. The van der Waals surface area contributed by atoms with E-state index in [9.17, 15) is 23.2 Å². The number of piperidine rings is 1. The third kappa shape index (κ3) is 6.40. The molecule has 0 radical (unpaired) electrons. The summed E-state index contributed by atoms with van der Waals surface area (Å²) in [6.45, 7) is 2.09. The van der Waals surface area contributed by atoms with Gasteiger partial charge in [-0.25, -0.2) is 28.3 Å². The zero-order chi connectivity index (χ0) is 27.9. The van der Waals surface area contributed by atoms with Gasteiger partial charge in [-0.3, -0.25) is 4.79 Å². The Morgan fingerprint density at radius 1 is 1.23 bits per heavy atom. The molecule has 1 saturated heterocycles. The Kier molecular flexibility index (Phi) is 9.54. The summed E-state index contributed by atoms with van der Waals surface area (Å²) < 4.78 is 38.0. The van der Waals surface area contributed by atoms with Crippen molar-refractivity contribution in [3.8, 4) is 0 Å². The first-order chi connectivity index (χ1) is 18.8. The van der Waals surface area contributed by atoms with Gasteiger partial charge in [0.25, 0.3) is 0 Å². The topological polar surface area (TPSA) is 125 Å². The van der Waals surface area contributed by atoms with Crippen LogP contribution in [-0.2, 0) is 14.3 Å². The lowest BCUT2D eigenvalue weighted by Gasteiger charge is -2.38. The quantitative estimate of drug-likeness (QED) is 0.446. The van der Waals surface area contributed by atoms with Gasteiger partial charge in [-0.2, -0.15) is 4.99 Å². The van der Waals surface area contributed by atoms with Crippen LogP contribution < -0.4 is 15.5 Å². The average Bonchev–Trinajstić information content (AvgIpc) is 3.47. The Labute approximate surface area is 228 Å². The normalized spacial score (nSPS) is 19.9. The maximum Gasteiger partial charge on any atom is 0.352 e. The first-order valence-electron chi connectivity index (χ1n) is 12.4. The van der Waals surface area contributed by atoms with E-state index in [2.05, 4.69) is 25.5 Å². The van der Waals surface area contributed by atoms with E-state index in [1.165, 1.54) is 24.5 Å². The van der Waals surface area contributed by atoms with Crippen LogP contribution in [0.1, 0.15) is 24.4 Å². The van der Waals surface area contributed by atoms with Crippen molar-refractivity contribution in [2.24, 2.45) is 10.9 Å². The summed E-state index contributed by atoms with van der Waals surface area (Å²) in [4.78, 5) is 50.6. The number of rotatable bonds is 9. The second-order valence-electron chi connectivity index (χ2n) is 9.03. The Bertz CT molecular complexity index is 1210. The zero-order valence-corrected chi connectivity index (χ0v) is 22.4. The maximum absolute atomic E-state index is 14.3. The predicted molar refractivity (Wildman–Crippen MR) is 140 cm³/mol. The van der Waals surface area contributed by atoms with Crippen LogP contribution >= 0.6 is 11.3 Å². The molecule has 0 bridgehead atoms. The predicted octanol–water partition coefficient (Wildman–Crippen LogP) is 2.74. The van der Waals surface area contributed by atoms with Crippen LogP contribution in [0, 0.1) is 17.6 Å². The second kappa shape index (κ2) is 13.0. The summed E-state index contributed by atoms with van der Waals surface area (Å²) in [6, 6.07) is 0.00180. The molecule has 1 aromatic heterocycles. The molecule has 4 rings (SSSR count). The second-order valence-corrected chi connectivity index (χ2v) is 9.90. The van der Waals surface area contributed by atoms with Gasteiger partial charge in [-0.1, -0.05) is 6.07 Å². The number of aromatic nitrogens is 1. The van der Waals surface area contributed by atoms with Crippen LogP contribution in [0.25, 0.3) is 0 Å². The summed E-state index contributed by atoms with van der Waals surface area (Å²) in [5, 5.41) is 8.76. The number of thiazole rings is 1. The van der Waals surface area contributed by atoms with E-state index in [1.807, 2.05) is 5.38 Å². The lowest BCUT2D eigenvalue weighted by atomic mass is 9.86. The van der Waals surface area contributed by atoms with Crippen molar-refractivity contribution in [1.29, 1.82) is 0 Å². The van der Waals surface area contributed by atoms with Crippen molar-refractivity contribution in [2.75, 3.05) is 51.9 Å². The molecule has 2 aliphatic rings.